The molecule has 440 valence electrons. The molecule has 11 unspecified atom stereocenters. The number of unbranched alkanes of at least 4 members (excludes halogenated alkanes) is 31. The highest BCUT2D eigenvalue weighted by Gasteiger charge is 2.47. The van der Waals surface area contributed by atoms with Gasteiger partial charge in [-0.25, -0.2) is 0 Å². The van der Waals surface area contributed by atoms with Gasteiger partial charge in [0, 0.05) is 12.8 Å². The Balaban J connectivity index is 1.73. The number of carbonyl (C=O) groups is 2. The minimum atomic E-state index is -1.76. The Morgan fingerprint density at radius 2 is 0.800 bits per heavy atom. The fourth-order valence-electron chi connectivity index (χ4n) is 9.72. The van der Waals surface area contributed by atoms with Crippen LogP contribution in [0.2, 0.25) is 0 Å². The Morgan fingerprint density at radius 3 is 1.25 bits per heavy atom. The average Bonchev–Trinajstić information content (AvgIpc) is 3.40. The van der Waals surface area contributed by atoms with E-state index in [1.165, 1.54) is 148 Å². The minimum absolute atomic E-state index is 0.159. The van der Waals surface area contributed by atoms with Crippen LogP contribution in [-0.4, -0.2) is 142 Å². The second-order valence-corrected chi connectivity index (χ2v) is 21.5. The summed E-state index contributed by atoms with van der Waals surface area (Å²) in [6, 6.07) is 0. The second kappa shape index (κ2) is 46.9. The number of hydrogen-bond acceptors (Lipinski definition) is 15. The van der Waals surface area contributed by atoms with Crippen LogP contribution < -0.4 is 0 Å². The molecule has 0 amide bonds. The summed E-state index contributed by atoms with van der Waals surface area (Å²) in [5.41, 5.74) is 0. The maximum atomic E-state index is 13.1. The van der Waals surface area contributed by atoms with Crippen molar-refractivity contribution in [2.24, 2.45) is 0 Å². The van der Waals surface area contributed by atoms with E-state index in [9.17, 15) is 45.3 Å². The molecule has 15 heteroatoms. The zero-order valence-corrected chi connectivity index (χ0v) is 47.0. The lowest BCUT2D eigenvalue weighted by molar-refractivity contribution is -0.332. The first-order valence-corrected chi connectivity index (χ1v) is 30.4. The lowest BCUT2D eigenvalue weighted by Crippen LogP contribution is -2.61. The van der Waals surface area contributed by atoms with E-state index in [4.69, 9.17) is 28.4 Å². The van der Waals surface area contributed by atoms with Gasteiger partial charge in [-0.3, -0.25) is 9.59 Å². The quantitative estimate of drug-likeness (QED) is 0.0171. The molecule has 2 fully saturated rings. The maximum absolute atomic E-state index is 13.1. The van der Waals surface area contributed by atoms with Gasteiger partial charge in [0.1, 0.15) is 55.4 Å². The van der Waals surface area contributed by atoms with Crippen molar-refractivity contribution in [3.05, 3.63) is 24.3 Å². The summed E-state index contributed by atoms with van der Waals surface area (Å²) < 4.78 is 33.7. The van der Waals surface area contributed by atoms with Gasteiger partial charge in [-0.2, -0.15) is 0 Å². The Labute approximate surface area is 453 Å². The normalized spacial score (nSPS) is 24.6. The van der Waals surface area contributed by atoms with E-state index >= 15 is 0 Å². The zero-order chi connectivity index (χ0) is 54.6. The van der Waals surface area contributed by atoms with Crippen LogP contribution in [0.5, 0.6) is 0 Å². The molecule has 0 aromatic carbocycles. The highest BCUT2D eigenvalue weighted by molar-refractivity contribution is 5.70. The van der Waals surface area contributed by atoms with E-state index in [0.717, 1.165) is 64.2 Å². The number of hydrogen-bond donors (Lipinski definition) is 7. The molecule has 0 spiro atoms. The molecule has 75 heavy (non-hydrogen) atoms. The van der Waals surface area contributed by atoms with Crippen molar-refractivity contribution < 1.29 is 73.8 Å². The van der Waals surface area contributed by atoms with Crippen LogP contribution in [0.4, 0.5) is 0 Å². The summed E-state index contributed by atoms with van der Waals surface area (Å²) in [6.45, 7) is 2.62. The number of carbonyl (C=O) groups excluding carboxylic acids is 2. The van der Waals surface area contributed by atoms with Crippen molar-refractivity contribution in [1.29, 1.82) is 0 Å². The molecule has 0 aliphatic carbocycles. The van der Waals surface area contributed by atoms with Crippen LogP contribution >= 0.6 is 0 Å². The average molecular weight is 1070 g/mol. The summed E-state index contributed by atoms with van der Waals surface area (Å²) in [4.78, 5) is 25.9. The van der Waals surface area contributed by atoms with E-state index in [-0.39, 0.29) is 26.1 Å². The third kappa shape index (κ3) is 33.9. The summed E-state index contributed by atoms with van der Waals surface area (Å²) in [7, 11) is 0. The van der Waals surface area contributed by atoms with Crippen molar-refractivity contribution in [3.8, 4) is 0 Å². The van der Waals surface area contributed by atoms with E-state index in [1.54, 1.807) is 0 Å². The number of aliphatic hydroxyl groups is 7. The molecule has 2 heterocycles. The summed E-state index contributed by atoms with van der Waals surface area (Å²) in [5, 5.41) is 72.3. The van der Waals surface area contributed by atoms with Gasteiger partial charge < -0.3 is 64.2 Å². The topological polar surface area (TPSA) is 231 Å². The minimum Gasteiger partial charge on any atom is -0.462 e. The fourth-order valence-corrected chi connectivity index (χ4v) is 9.72. The molecular formula is C60H110O15. The lowest BCUT2D eigenvalue weighted by atomic mass is 9.98. The second-order valence-electron chi connectivity index (χ2n) is 21.5. The zero-order valence-electron chi connectivity index (χ0n) is 47.0. The van der Waals surface area contributed by atoms with Crippen LogP contribution in [0.1, 0.15) is 251 Å². The van der Waals surface area contributed by atoms with Crippen LogP contribution in [0, 0.1) is 0 Å². The summed E-state index contributed by atoms with van der Waals surface area (Å²) in [5.74, 6) is -0.920. The van der Waals surface area contributed by atoms with Gasteiger partial charge in [0.2, 0.25) is 0 Å². The van der Waals surface area contributed by atoms with Gasteiger partial charge in [-0.15, -0.1) is 0 Å². The predicted octanol–water partition coefficient (Wildman–Crippen LogP) is 10.7. The Hall–Kier alpha value is -2.02. The molecule has 7 N–H and O–H groups in total. The molecule has 2 saturated heterocycles. The summed E-state index contributed by atoms with van der Waals surface area (Å²) >= 11 is 0. The van der Waals surface area contributed by atoms with Gasteiger partial charge in [-0.1, -0.05) is 218 Å². The number of allylic oxidation sites excluding steroid dienone is 4. The molecule has 2 aliphatic rings. The van der Waals surface area contributed by atoms with Crippen molar-refractivity contribution in [3.63, 3.8) is 0 Å². The molecule has 0 saturated carbocycles. The summed E-state index contributed by atoms with van der Waals surface area (Å²) in [6.07, 6.45) is 34.8. The molecule has 11 atom stereocenters. The Bertz CT molecular complexity index is 1400. The molecular weight excluding hydrogens is 961 g/mol. The molecule has 0 radical (unpaired) electrons. The fraction of sp³-hybridized carbons (Fsp3) is 0.900. The van der Waals surface area contributed by atoms with Crippen LogP contribution in [0.3, 0.4) is 0 Å². The van der Waals surface area contributed by atoms with E-state index in [1.807, 2.05) is 0 Å². The molecule has 15 nitrogen and oxygen atoms in total. The number of esters is 2. The van der Waals surface area contributed by atoms with Crippen molar-refractivity contribution in [1.82, 2.24) is 0 Å². The molecule has 2 aliphatic heterocycles. The SMILES string of the molecule is CCCCCC/C=C\C/C=C\CCCCCCCCCC(=O)OC(COC(=O)CCCCCCCCCCCCCCCCCCCCCCC)COC1OC(COC2OC(CO)C(O)C(O)C2O)C(O)C(O)C1O. The standard InChI is InChI=1S/C60H110O15/c1-3-5-7-9-11-13-15-17-19-21-23-24-25-27-28-30-32-34-36-38-40-42-51(62)70-45-48(73-52(63)43-41-39-37-35-33-31-29-26-22-20-18-16-14-12-10-8-6-4-2)46-71-59-58(69)56(67)54(65)50(75-59)47-72-60-57(68)55(66)53(64)49(44-61)74-60/h14,16,20,22,48-50,53-61,64-69H,3-13,15,17-19,21,23-47H2,1-2H3/b16-14-,22-20-. The van der Waals surface area contributed by atoms with Gasteiger partial charge in [0.25, 0.3) is 0 Å². The Morgan fingerprint density at radius 1 is 0.427 bits per heavy atom. The van der Waals surface area contributed by atoms with Gasteiger partial charge in [0.15, 0.2) is 18.7 Å². The highest BCUT2D eigenvalue weighted by atomic mass is 16.7. The van der Waals surface area contributed by atoms with Crippen LogP contribution in [-0.2, 0) is 38.0 Å². The van der Waals surface area contributed by atoms with Crippen LogP contribution in [0.25, 0.3) is 0 Å². The first-order chi connectivity index (χ1) is 36.5. The highest BCUT2D eigenvalue weighted by Crippen LogP contribution is 2.27. The third-order valence-electron chi connectivity index (χ3n) is 14.7. The van der Waals surface area contributed by atoms with Gasteiger partial charge in [0.05, 0.1) is 19.8 Å². The maximum Gasteiger partial charge on any atom is 0.306 e. The lowest BCUT2D eigenvalue weighted by Gasteiger charge is -2.42. The molecule has 0 aromatic heterocycles. The first kappa shape index (κ1) is 69.1. The Kier molecular flexibility index (Phi) is 43.2. The number of ether oxygens (including phenoxy) is 6. The van der Waals surface area contributed by atoms with E-state index < -0.39 is 92.7 Å². The number of rotatable bonds is 49. The molecule has 0 aromatic rings. The van der Waals surface area contributed by atoms with Gasteiger partial charge >= 0.3 is 11.9 Å². The largest absolute Gasteiger partial charge is 0.462 e. The molecule has 2 rings (SSSR count). The van der Waals surface area contributed by atoms with Gasteiger partial charge in [-0.05, 0) is 44.9 Å². The van der Waals surface area contributed by atoms with E-state index in [2.05, 4.69) is 38.2 Å². The monoisotopic (exact) mass is 1070 g/mol. The van der Waals surface area contributed by atoms with Crippen molar-refractivity contribution in [2.75, 3.05) is 26.4 Å². The number of aliphatic hydroxyl groups excluding tert-OH is 7. The van der Waals surface area contributed by atoms with Crippen molar-refractivity contribution >= 4 is 11.9 Å². The predicted molar refractivity (Wildman–Crippen MR) is 294 cm³/mol. The van der Waals surface area contributed by atoms with E-state index in [0.29, 0.717) is 12.8 Å². The van der Waals surface area contributed by atoms with Crippen molar-refractivity contribution in [2.45, 2.75) is 319 Å². The smallest absolute Gasteiger partial charge is 0.306 e. The molecule has 0 bridgehead atoms. The first-order valence-electron chi connectivity index (χ1n) is 30.4. The third-order valence-corrected chi connectivity index (χ3v) is 14.7. The van der Waals surface area contributed by atoms with Crippen LogP contribution in [0.15, 0.2) is 24.3 Å².